The molecule has 21 heavy (non-hydrogen) atoms. The van der Waals surface area contributed by atoms with Crippen LogP contribution in [-0.2, 0) is 6.54 Å². The van der Waals surface area contributed by atoms with E-state index in [1.54, 1.807) is 11.3 Å². The molecule has 0 unspecified atom stereocenters. The number of aryl methyl sites for hydroxylation is 2. The fraction of sp³-hybridized carbons (Fsp3) is 0.733. The van der Waals surface area contributed by atoms with Crippen LogP contribution in [0.4, 0.5) is 4.79 Å². The number of aromatic nitrogens is 1. The molecule has 1 aromatic heterocycles. The number of hydrogen-bond donors (Lipinski definition) is 3. The molecule has 0 spiro atoms. The molecule has 0 aliphatic carbocycles. The van der Waals surface area contributed by atoms with Gasteiger partial charge in [0.1, 0.15) is 0 Å². The van der Waals surface area contributed by atoms with Gasteiger partial charge in [0.2, 0.25) is 0 Å². The Balaban J connectivity index is 2.41. The first-order chi connectivity index (χ1) is 9.90. The number of nitrogens with one attached hydrogen (secondary N) is 2. The van der Waals surface area contributed by atoms with E-state index < -0.39 is 5.60 Å². The second-order valence-electron chi connectivity index (χ2n) is 5.50. The Hall–Kier alpha value is -1.14. The monoisotopic (exact) mass is 313 g/mol. The van der Waals surface area contributed by atoms with Gasteiger partial charge < -0.3 is 15.7 Å². The number of carbonyl (C=O) groups is 1. The summed E-state index contributed by atoms with van der Waals surface area (Å²) in [5, 5.41) is 17.0. The van der Waals surface area contributed by atoms with Crippen LogP contribution in [0.1, 0.15) is 55.1 Å². The van der Waals surface area contributed by atoms with Gasteiger partial charge in [0.15, 0.2) is 0 Å². The Kier molecular flexibility index (Phi) is 7.11. The minimum absolute atomic E-state index is 0.244. The highest BCUT2D eigenvalue weighted by molar-refractivity contribution is 7.11. The van der Waals surface area contributed by atoms with Crippen molar-refractivity contribution in [1.29, 1.82) is 0 Å². The smallest absolute Gasteiger partial charge is 0.315 e. The summed E-state index contributed by atoms with van der Waals surface area (Å²) in [4.78, 5) is 17.2. The first-order valence-electron chi connectivity index (χ1n) is 7.57. The SMILES string of the molecule is CCCC(O)(CCC)CNC(=O)NCc1sc(C)nc1C. The van der Waals surface area contributed by atoms with Gasteiger partial charge in [-0.25, -0.2) is 9.78 Å². The van der Waals surface area contributed by atoms with Crippen LogP contribution in [0.3, 0.4) is 0 Å². The van der Waals surface area contributed by atoms with Crippen molar-refractivity contribution in [2.45, 2.75) is 65.5 Å². The van der Waals surface area contributed by atoms with Crippen molar-refractivity contribution in [2.75, 3.05) is 6.54 Å². The molecule has 120 valence electrons. The van der Waals surface area contributed by atoms with Gasteiger partial charge in [-0.15, -0.1) is 11.3 Å². The molecule has 0 aliphatic rings. The van der Waals surface area contributed by atoms with Crippen LogP contribution in [0.15, 0.2) is 0 Å². The van der Waals surface area contributed by atoms with Gasteiger partial charge in [0, 0.05) is 11.4 Å². The number of rotatable bonds is 8. The van der Waals surface area contributed by atoms with Gasteiger partial charge in [0.25, 0.3) is 0 Å². The van der Waals surface area contributed by atoms with Gasteiger partial charge in [-0.2, -0.15) is 0 Å². The molecular weight excluding hydrogens is 286 g/mol. The second-order valence-corrected chi connectivity index (χ2v) is 6.79. The van der Waals surface area contributed by atoms with Crippen molar-refractivity contribution in [3.63, 3.8) is 0 Å². The minimum Gasteiger partial charge on any atom is -0.388 e. The molecule has 1 heterocycles. The molecule has 0 bridgehead atoms. The summed E-state index contributed by atoms with van der Waals surface area (Å²) in [6.07, 6.45) is 3.21. The average molecular weight is 313 g/mol. The molecule has 0 radical (unpaired) electrons. The first-order valence-corrected chi connectivity index (χ1v) is 8.39. The Morgan fingerprint density at radius 1 is 1.24 bits per heavy atom. The molecule has 1 aromatic rings. The van der Waals surface area contributed by atoms with Crippen molar-refractivity contribution < 1.29 is 9.90 Å². The zero-order valence-electron chi connectivity index (χ0n) is 13.5. The van der Waals surface area contributed by atoms with Crippen LogP contribution in [0.5, 0.6) is 0 Å². The molecule has 2 amide bonds. The Bertz CT molecular complexity index is 454. The zero-order chi connectivity index (χ0) is 15.9. The highest BCUT2D eigenvalue weighted by Gasteiger charge is 2.25. The van der Waals surface area contributed by atoms with E-state index in [1.165, 1.54) is 0 Å². The van der Waals surface area contributed by atoms with Crippen molar-refractivity contribution in [1.82, 2.24) is 15.6 Å². The van der Waals surface area contributed by atoms with E-state index in [-0.39, 0.29) is 6.03 Å². The lowest BCUT2D eigenvalue weighted by Crippen LogP contribution is -2.46. The Morgan fingerprint density at radius 3 is 2.33 bits per heavy atom. The third-order valence-corrected chi connectivity index (χ3v) is 4.49. The van der Waals surface area contributed by atoms with Crippen molar-refractivity contribution in [3.8, 4) is 0 Å². The number of urea groups is 1. The minimum atomic E-state index is -0.794. The summed E-state index contributed by atoms with van der Waals surface area (Å²) in [5.41, 5.74) is 0.170. The normalized spacial score (nSPS) is 11.5. The molecule has 0 saturated heterocycles. The average Bonchev–Trinajstić information content (AvgIpc) is 2.73. The molecule has 0 aliphatic heterocycles. The second kappa shape index (κ2) is 8.34. The fourth-order valence-electron chi connectivity index (χ4n) is 2.44. The lowest BCUT2D eigenvalue weighted by atomic mass is 9.93. The molecule has 1 rings (SSSR count). The maximum atomic E-state index is 11.8. The summed E-state index contributed by atoms with van der Waals surface area (Å²) >= 11 is 1.59. The summed E-state index contributed by atoms with van der Waals surface area (Å²) in [5.74, 6) is 0. The number of hydrogen-bond acceptors (Lipinski definition) is 4. The van der Waals surface area contributed by atoms with Crippen molar-refractivity contribution in [3.05, 3.63) is 15.6 Å². The van der Waals surface area contributed by atoms with Crippen molar-refractivity contribution in [2.24, 2.45) is 0 Å². The predicted octanol–water partition coefficient (Wildman–Crippen LogP) is 2.89. The van der Waals surface area contributed by atoms with Crippen LogP contribution < -0.4 is 10.6 Å². The van der Waals surface area contributed by atoms with Crippen LogP contribution in [0, 0.1) is 13.8 Å². The first kappa shape index (κ1) is 17.9. The highest BCUT2D eigenvalue weighted by Crippen LogP contribution is 2.18. The molecule has 3 N–H and O–H groups in total. The molecule has 0 aromatic carbocycles. The van der Waals surface area contributed by atoms with Crippen LogP contribution in [0.25, 0.3) is 0 Å². The number of amides is 2. The molecule has 0 atom stereocenters. The number of nitrogens with zero attached hydrogens (tertiary/aromatic N) is 1. The van der Waals surface area contributed by atoms with E-state index in [0.717, 1.165) is 28.4 Å². The molecular formula is C15H27N3O2S. The quantitative estimate of drug-likeness (QED) is 0.691. The highest BCUT2D eigenvalue weighted by atomic mass is 32.1. The fourth-order valence-corrected chi connectivity index (χ4v) is 3.31. The topological polar surface area (TPSA) is 74.2 Å². The maximum Gasteiger partial charge on any atom is 0.315 e. The lowest BCUT2D eigenvalue weighted by Gasteiger charge is -2.27. The Morgan fingerprint density at radius 2 is 1.86 bits per heavy atom. The lowest BCUT2D eigenvalue weighted by molar-refractivity contribution is 0.0241. The van der Waals surface area contributed by atoms with E-state index >= 15 is 0 Å². The summed E-state index contributed by atoms with van der Waals surface area (Å²) < 4.78 is 0. The summed E-state index contributed by atoms with van der Waals surface area (Å²) in [6.45, 7) is 8.74. The van der Waals surface area contributed by atoms with Gasteiger partial charge in [-0.05, 0) is 26.7 Å². The van der Waals surface area contributed by atoms with Gasteiger partial charge in [0.05, 0.1) is 22.8 Å². The van der Waals surface area contributed by atoms with Crippen LogP contribution in [-0.4, -0.2) is 28.3 Å². The van der Waals surface area contributed by atoms with E-state index in [1.807, 2.05) is 27.7 Å². The third kappa shape index (κ3) is 6.01. The molecule has 5 nitrogen and oxygen atoms in total. The third-order valence-electron chi connectivity index (χ3n) is 3.42. The van der Waals surface area contributed by atoms with Crippen LogP contribution in [0.2, 0.25) is 0 Å². The summed E-state index contributed by atoms with van der Waals surface area (Å²) in [6, 6.07) is -0.244. The largest absolute Gasteiger partial charge is 0.388 e. The molecule has 6 heteroatoms. The predicted molar refractivity (Wildman–Crippen MR) is 86.6 cm³/mol. The van der Waals surface area contributed by atoms with E-state index in [9.17, 15) is 9.90 Å². The van der Waals surface area contributed by atoms with Gasteiger partial charge in [-0.1, -0.05) is 26.7 Å². The maximum absolute atomic E-state index is 11.8. The number of aliphatic hydroxyl groups is 1. The Labute approximate surface area is 131 Å². The zero-order valence-corrected chi connectivity index (χ0v) is 14.3. The van der Waals surface area contributed by atoms with Gasteiger partial charge >= 0.3 is 6.03 Å². The van der Waals surface area contributed by atoms with Gasteiger partial charge in [-0.3, -0.25) is 0 Å². The molecule has 0 saturated carbocycles. The summed E-state index contributed by atoms with van der Waals surface area (Å²) in [7, 11) is 0. The van der Waals surface area contributed by atoms with E-state index in [2.05, 4.69) is 15.6 Å². The van der Waals surface area contributed by atoms with E-state index in [4.69, 9.17) is 0 Å². The van der Waals surface area contributed by atoms with Crippen LogP contribution >= 0.6 is 11.3 Å². The van der Waals surface area contributed by atoms with Crippen molar-refractivity contribution >= 4 is 17.4 Å². The standard InChI is InChI=1S/C15H27N3O2S/c1-5-7-15(20,8-6-2)10-17-14(19)16-9-13-11(3)18-12(4)21-13/h20H,5-10H2,1-4H3,(H2,16,17,19). The number of thiazole rings is 1. The van der Waals surface area contributed by atoms with E-state index in [0.29, 0.717) is 25.9 Å². The molecule has 0 fully saturated rings. The number of carbonyl (C=O) groups excluding carboxylic acids is 1.